The molecule has 0 aromatic carbocycles. The number of rotatable bonds is 3. The van der Waals surface area contributed by atoms with Gasteiger partial charge in [0.1, 0.15) is 0 Å². The third-order valence-corrected chi connectivity index (χ3v) is 3.23. The lowest BCUT2D eigenvalue weighted by Crippen LogP contribution is -2.22. The Hall–Kier alpha value is -0.180. The van der Waals surface area contributed by atoms with Crippen LogP contribution in [0.4, 0.5) is 0 Å². The second-order valence-electron chi connectivity index (χ2n) is 3.00. The van der Waals surface area contributed by atoms with Gasteiger partial charge in [0.25, 0.3) is 0 Å². The number of hydrazone groups is 1. The van der Waals surface area contributed by atoms with E-state index in [2.05, 4.69) is 30.3 Å². The highest BCUT2D eigenvalue weighted by Gasteiger charge is 2.22. The molecule has 0 saturated heterocycles. The maximum atomic E-state index is 4.31. The van der Waals surface area contributed by atoms with Crippen LogP contribution >= 0.6 is 11.9 Å². The Balaban J connectivity index is 0. The summed E-state index contributed by atoms with van der Waals surface area (Å²) in [5.41, 5.74) is 0. The van der Waals surface area contributed by atoms with Crippen molar-refractivity contribution in [1.82, 2.24) is 4.41 Å². The van der Waals surface area contributed by atoms with E-state index in [4.69, 9.17) is 0 Å². The first kappa shape index (κ1) is 17.2. The molecule has 0 amide bonds. The molecule has 1 heterocycles. The fourth-order valence-electron chi connectivity index (χ4n) is 0.937. The summed E-state index contributed by atoms with van der Waals surface area (Å²) in [5.74, 6) is 1.79. The molecule has 0 saturated carbocycles. The Kier molecular flexibility index (Phi) is 13.7. The molecule has 2 nitrogen and oxygen atoms in total. The van der Waals surface area contributed by atoms with Crippen LogP contribution in [0.1, 0.15) is 54.9 Å². The van der Waals surface area contributed by atoms with Gasteiger partial charge in [0.05, 0.1) is 6.04 Å². The lowest BCUT2D eigenvalue weighted by atomic mass is 10.1. The number of nitrogens with zero attached hydrogens (tertiary/aromatic N) is 2. The largest absolute Gasteiger partial charge is 0.236 e. The van der Waals surface area contributed by atoms with E-state index >= 15 is 0 Å². The van der Waals surface area contributed by atoms with E-state index in [-0.39, 0.29) is 0 Å². The van der Waals surface area contributed by atoms with Crippen LogP contribution in [0, 0.1) is 5.92 Å². The van der Waals surface area contributed by atoms with Gasteiger partial charge < -0.3 is 0 Å². The summed E-state index contributed by atoms with van der Waals surface area (Å²) in [7, 11) is 0. The van der Waals surface area contributed by atoms with E-state index in [0.29, 0.717) is 12.0 Å². The SMILES string of the molecule is CC.CC.CCCSN1N=CC(C)[C@@H]1C. The molecule has 0 radical (unpaired) electrons. The maximum Gasteiger partial charge on any atom is 0.0639 e. The van der Waals surface area contributed by atoms with Crippen LogP contribution < -0.4 is 0 Å². The maximum absolute atomic E-state index is 4.31. The summed E-state index contributed by atoms with van der Waals surface area (Å²) in [4.78, 5) is 0. The summed E-state index contributed by atoms with van der Waals surface area (Å²) in [6.45, 7) is 14.6. The summed E-state index contributed by atoms with van der Waals surface area (Å²) in [5, 5.41) is 4.31. The minimum Gasteiger partial charge on any atom is -0.236 e. The van der Waals surface area contributed by atoms with Crippen LogP contribution in [0.15, 0.2) is 5.10 Å². The van der Waals surface area contributed by atoms with Gasteiger partial charge >= 0.3 is 0 Å². The predicted molar refractivity (Wildman–Crippen MR) is 74.4 cm³/mol. The molecule has 1 aliphatic heterocycles. The van der Waals surface area contributed by atoms with E-state index in [1.165, 1.54) is 12.2 Å². The first-order valence-corrected chi connectivity index (χ1v) is 7.16. The molecule has 0 spiro atoms. The van der Waals surface area contributed by atoms with Crippen LogP contribution in [-0.2, 0) is 0 Å². The van der Waals surface area contributed by atoms with Crippen LogP contribution in [0.2, 0.25) is 0 Å². The predicted octanol–water partition coefficient (Wildman–Crippen LogP) is 4.42. The smallest absolute Gasteiger partial charge is 0.0639 e. The van der Waals surface area contributed by atoms with Crippen molar-refractivity contribution in [3.05, 3.63) is 0 Å². The van der Waals surface area contributed by atoms with Gasteiger partial charge in [0, 0.05) is 17.9 Å². The van der Waals surface area contributed by atoms with Crippen LogP contribution in [0.25, 0.3) is 0 Å². The van der Waals surface area contributed by atoms with E-state index < -0.39 is 0 Å². The third kappa shape index (κ3) is 6.82. The zero-order valence-corrected chi connectivity index (χ0v) is 12.3. The van der Waals surface area contributed by atoms with Crippen molar-refractivity contribution < 1.29 is 0 Å². The minimum atomic E-state index is 0.576. The van der Waals surface area contributed by atoms with E-state index in [1.807, 2.05) is 45.9 Å². The molecule has 3 heteroatoms. The topological polar surface area (TPSA) is 15.6 Å². The first-order chi connectivity index (χ1) is 7.25. The van der Waals surface area contributed by atoms with Gasteiger partial charge in [-0.05, 0) is 25.3 Å². The van der Waals surface area contributed by atoms with E-state index in [9.17, 15) is 0 Å². The quantitative estimate of drug-likeness (QED) is 0.669. The number of hydrogen-bond donors (Lipinski definition) is 0. The standard InChI is InChI=1S/C8H16N2S.2C2H6/c1-4-5-11-10-8(3)7(2)6-9-10;2*1-2/h6-8H,4-5H2,1-3H3;2*1-2H3/t7?,8-;;/m0../s1. The van der Waals surface area contributed by atoms with E-state index in [0.717, 1.165) is 0 Å². The van der Waals surface area contributed by atoms with Gasteiger partial charge in [0.2, 0.25) is 0 Å². The van der Waals surface area contributed by atoms with Crippen molar-refractivity contribution >= 4 is 18.2 Å². The highest BCUT2D eigenvalue weighted by molar-refractivity contribution is 7.97. The highest BCUT2D eigenvalue weighted by Crippen LogP contribution is 2.24. The molecule has 1 rings (SSSR count). The molecule has 0 fully saturated rings. The summed E-state index contributed by atoms with van der Waals surface area (Å²) >= 11 is 1.83. The van der Waals surface area contributed by atoms with Gasteiger partial charge in [-0.3, -0.25) is 0 Å². The lowest BCUT2D eigenvalue weighted by Gasteiger charge is -2.20. The van der Waals surface area contributed by atoms with Crippen molar-refractivity contribution in [2.75, 3.05) is 5.75 Å². The van der Waals surface area contributed by atoms with Crippen molar-refractivity contribution in [2.24, 2.45) is 11.0 Å². The summed E-state index contributed by atoms with van der Waals surface area (Å²) in [6, 6.07) is 0.576. The molecular weight excluding hydrogens is 204 g/mol. The summed E-state index contributed by atoms with van der Waals surface area (Å²) in [6.07, 6.45) is 3.26. The molecule has 0 aromatic rings. The molecule has 0 aliphatic carbocycles. The lowest BCUT2D eigenvalue weighted by molar-refractivity contribution is 0.386. The zero-order chi connectivity index (χ0) is 12.3. The Morgan fingerprint density at radius 1 is 1.20 bits per heavy atom. The average Bonchev–Trinajstić information content (AvgIpc) is 2.63. The van der Waals surface area contributed by atoms with Crippen LogP contribution in [0.5, 0.6) is 0 Å². The fraction of sp³-hybridized carbons (Fsp3) is 0.917. The Morgan fingerprint density at radius 3 is 2.07 bits per heavy atom. The molecule has 92 valence electrons. The minimum absolute atomic E-state index is 0.576. The van der Waals surface area contributed by atoms with Crippen LogP contribution in [0.3, 0.4) is 0 Å². The second-order valence-corrected chi connectivity index (χ2v) is 4.04. The van der Waals surface area contributed by atoms with Crippen molar-refractivity contribution in [1.29, 1.82) is 0 Å². The molecule has 2 atom stereocenters. The summed E-state index contributed by atoms with van der Waals surface area (Å²) < 4.78 is 2.12. The number of hydrogen-bond acceptors (Lipinski definition) is 3. The van der Waals surface area contributed by atoms with Gasteiger partial charge in [-0.2, -0.15) is 5.10 Å². The van der Waals surface area contributed by atoms with Crippen molar-refractivity contribution in [3.8, 4) is 0 Å². The molecule has 0 bridgehead atoms. The van der Waals surface area contributed by atoms with Gasteiger partial charge in [0.15, 0.2) is 0 Å². The Bertz CT molecular complexity index is 149. The third-order valence-electron chi connectivity index (χ3n) is 1.95. The molecule has 0 N–H and O–H groups in total. The molecule has 1 unspecified atom stereocenters. The molecule has 1 aliphatic rings. The average molecular weight is 232 g/mol. The zero-order valence-electron chi connectivity index (χ0n) is 11.4. The molecular formula is C12H28N2S. The van der Waals surface area contributed by atoms with Gasteiger partial charge in [-0.15, -0.1) is 0 Å². The fourth-order valence-corrected chi connectivity index (χ4v) is 1.86. The normalized spacial score (nSPS) is 22.7. The Labute approximate surface area is 101 Å². The van der Waals surface area contributed by atoms with Gasteiger partial charge in [-0.1, -0.05) is 41.5 Å². The Morgan fingerprint density at radius 2 is 1.73 bits per heavy atom. The molecule has 0 aromatic heterocycles. The first-order valence-electron chi connectivity index (χ1n) is 6.22. The monoisotopic (exact) mass is 232 g/mol. The van der Waals surface area contributed by atoms with Crippen LogP contribution in [-0.4, -0.2) is 22.4 Å². The van der Waals surface area contributed by atoms with Crippen molar-refractivity contribution in [2.45, 2.75) is 60.9 Å². The highest BCUT2D eigenvalue weighted by atomic mass is 32.2. The van der Waals surface area contributed by atoms with Crippen molar-refractivity contribution in [3.63, 3.8) is 0 Å². The second kappa shape index (κ2) is 11.9. The van der Waals surface area contributed by atoms with Gasteiger partial charge in [-0.25, -0.2) is 4.41 Å². The molecule has 15 heavy (non-hydrogen) atoms. The van der Waals surface area contributed by atoms with E-state index in [1.54, 1.807) is 0 Å².